The fourth-order valence-corrected chi connectivity index (χ4v) is 8.84. The minimum atomic E-state index is -4.22. The summed E-state index contributed by atoms with van der Waals surface area (Å²) in [5.41, 5.74) is 4.25. The number of primary amides is 1. The number of sulfonamides is 1. The molecule has 0 radical (unpaired) electrons. The van der Waals surface area contributed by atoms with Crippen LogP contribution in [0.15, 0.2) is 23.6 Å². The summed E-state index contributed by atoms with van der Waals surface area (Å²) in [4.78, 5) is 76.2. The monoisotopic (exact) mass is 687 g/mol. The van der Waals surface area contributed by atoms with Crippen LogP contribution in [0.5, 0.6) is 0 Å². The number of amides is 4. The van der Waals surface area contributed by atoms with Crippen molar-refractivity contribution in [2.75, 3.05) is 6.54 Å². The molecule has 4 aliphatic rings. The van der Waals surface area contributed by atoms with Crippen molar-refractivity contribution in [3.05, 3.63) is 18.6 Å². The van der Waals surface area contributed by atoms with Gasteiger partial charge in [-0.3, -0.25) is 29.0 Å². The first-order valence-corrected chi connectivity index (χ1v) is 18.4. The lowest BCUT2D eigenvalue weighted by atomic mass is 9.82. The van der Waals surface area contributed by atoms with E-state index in [4.69, 9.17) is 5.73 Å². The number of nitrogens with one attached hydrogen (secondary N) is 3. The molecule has 1 aliphatic heterocycles. The maximum absolute atomic E-state index is 14.5. The molecular weight excluding hydrogens is 638 g/mol. The molecule has 0 spiro atoms. The summed E-state index contributed by atoms with van der Waals surface area (Å²) in [6.45, 7) is 9.72. The van der Waals surface area contributed by atoms with Crippen molar-refractivity contribution in [2.45, 2.75) is 115 Å². The van der Waals surface area contributed by atoms with Crippen molar-refractivity contribution in [2.24, 2.45) is 40.2 Å². The average molecular weight is 688 g/mol. The lowest BCUT2D eigenvalue weighted by Gasteiger charge is -2.39. The van der Waals surface area contributed by atoms with Crippen molar-refractivity contribution in [1.82, 2.24) is 30.2 Å². The van der Waals surface area contributed by atoms with Crippen LogP contribution in [0.1, 0.15) is 86.0 Å². The number of fused-ring (bicyclic) bond motifs is 1. The van der Waals surface area contributed by atoms with Crippen LogP contribution >= 0.6 is 0 Å². The normalized spacial score (nSPS) is 25.7. The number of Topliss-reactive ketones (excluding diaryl/α,β-unsaturated/α-hetero) is 1. The van der Waals surface area contributed by atoms with Crippen LogP contribution in [0.2, 0.25) is 0 Å². The van der Waals surface area contributed by atoms with Crippen molar-refractivity contribution in [3.8, 4) is 0 Å². The van der Waals surface area contributed by atoms with E-state index in [0.717, 1.165) is 38.3 Å². The predicted molar refractivity (Wildman–Crippen MR) is 174 cm³/mol. The minimum Gasteiger partial charge on any atom is -0.363 e. The molecule has 0 bridgehead atoms. The number of hydrogen-bond donors (Lipinski definition) is 4. The van der Waals surface area contributed by atoms with Crippen molar-refractivity contribution in [3.63, 3.8) is 0 Å². The summed E-state index contributed by atoms with van der Waals surface area (Å²) >= 11 is 0. The van der Waals surface area contributed by atoms with Crippen molar-refractivity contribution in [1.29, 1.82) is 0 Å². The molecule has 14 nitrogen and oxygen atoms in total. The first-order valence-electron chi connectivity index (χ1n) is 17.0. The van der Waals surface area contributed by atoms with E-state index < -0.39 is 69.0 Å². The zero-order valence-electron chi connectivity index (χ0n) is 28.4. The quantitative estimate of drug-likeness (QED) is 0.218. The van der Waals surface area contributed by atoms with Crippen molar-refractivity contribution < 1.29 is 32.4 Å². The largest absolute Gasteiger partial charge is 0.363 e. The summed E-state index contributed by atoms with van der Waals surface area (Å²) in [5, 5.41) is 5.32. The molecule has 48 heavy (non-hydrogen) atoms. The number of rotatable bonds is 13. The number of piperidine rings is 1. The molecule has 15 heteroatoms. The van der Waals surface area contributed by atoms with Crippen LogP contribution in [-0.4, -0.2) is 83.4 Å². The first kappa shape index (κ1) is 35.8. The fourth-order valence-electron chi connectivity index (χ4n) is 7.69. The zero-order chi connectivity index (χ0) is 35.2. The zero-order valence-corrected chi connectivity index (χ0v) is 29.2. The number of nitrogens with two attached hydrogens (primary N) is 1. The van der Waals surface area contributed by atoms with Gasteiger partial charge in [-0.1, -0.05) is 66.7 Å². The highest BCUT2D eigenvalue weighted by Gasteiger charge is 2.70. The second-order valence-corrected chi connectivity index (χ2v) is 17.4. The van der Waals surface area contributed by atoms with Crippen LogP contribution < -0.4 is 21.1 Å². The van der Waals surface area contributed by atoms with E-state index in [2.05, 4.69) is 25.3 Å². The van der Waals surface area contributed by atoms with Gasteiger partial charge < -0.3 is 21.3 Å². The molecule has 2 heterocycles. The highest BCUT2D eigenvalue weighted by molar-refractivity contribution is 7.89. The van der Waals surface area contributed by atoms with Gasteiger partial charge in [0.1, 0.15) is 18.1 Å². The van der Waals surface area contributed by atoms with E-state index in [1.54, 1.807) is 20.8 Å². The second-order valence-electron chi connectivity index (χ2n) is 15.7. The average Bonchev–Trinajstić information content (AvgIpc) is 3.89. The van der Waals surface area contributed by atoms with E-state index in [1.165, 1.54) is 17.3 Å². The standard InChI is InChI=1S/C33H49N7O7S/c1-32(2,3)27(38-29(43)24(19-9-7-6-8-10-19)39-48(46,47)22-16-35-13-14-36-22)31(45)40-17-20-23(33(20,4)5)25(40)30(44)37-21(15-18-11-12-18)26(41)28(34)42/h13-14,16,18-21,23-25,27,39H,6-12,15,17H2,1-5H3,(H2,34,42)(H,37,44)(H,38,43)/t20-,21?,23-,24-,25-,27+/m0/s1. The molecule has 1 saturated heterocycles. The molecule has 0 aromatic carbocycles. The van der Waals surface area contributed by atoms with Crippen LogP contribution in [0.4, 0.5) is 0 Å². The minimum absolute atomic E-state index is 0.0241. The van der Waals surface area contributed by atoms with Gasteiger partial charge in [-0.15, -0.1) is 0 Å². The van der Waals surface area contributed by atoms with Crippen molar-refractivity contribution >= 4 is 39.4 Å². The Labute approximate surface area is 282 Å². The van der Waals surface area contributed by atoms with Gasteiger partial charge in [-0.05, 0) is 53.8 Å². The van der Waals surface area contributed by atoms with E-state index in [-0.39, 0.29) is 40.7 Å². The predicted octanol–water partition coefficient (Wildman–Crippen LogP) is 1.06. The number of ketones is 1. The van der Waals surface area contributed by atoms with Gasteiger partial charge in [0, 0.05) is 18.9 Å². The summed E-state index contributed by atoms with van der Waals surface area (Å²) in [6.07, 6.45) is 9.74. The van der Waals surface area contributed by atoms with Gasteiger partial charge >= 0.3 is 0 Å². The number of carbonyl (C=O) groups excluding carboxylic acids is 5. The van der Waals surface area contributed by atoms with Crippen LogP contribution in [-0.2, 0) is 34.0 Å². The number of carbonyl (C=O) groups is 5. The SMILES string of the molecule is CC(C)(C)[C@H](NC(=O)[C@@H](NS(=O)(=O)c1cnccn1)C1CCCCC1)C(=O)N1C[C@H]2[C@@H]([C@H]1C(=O)NC(CC1CC1)C(=O)C(N)=O)C2(C)C. The molecule has 4 amide bonds. The van der Waals surface area contributed by atoms with Crippen LogP contribution in [0.3, 0.4) is 0 Å². The third-order valence-corrected chi connectivity index (χ3v) is 12.1. The highest BCUT2D eigenvalue weighted by atomic mass is 32.2. The maximum Gasteiger partial charge on any atom is 0.287 e. The van der Waals surface area contributed by atoms with E-state index in [1.807, 2.05) is 13.8 Å². The number of nitrogens with zero attached hydrogens (tertiary/aromatic N) is 3. The molecule has 5 N–H and O–H groups in total. The van der Waals surface area contributed by atoms with E-state index in [0.29, 0.717) is 19.3 Å². The van der Waals surface area contributed by atoms with Gasteiger partial charge in [0.2, 0.25) is 23.5 Å². The Hall–Kier alpha value is -3.46. The van der Waals surface area contributed by atoms with E-state index in [9.17, 15) is 32.4 Å². The Morgan fingerprint density at radius 2 is 1.69 bits per heavy atom. The van der Waals surface area contributed by atoms with Gasteiger partial charge in [-0.25, -0.2) is 13.4 Å². The molecular formula is C33H49N7O7S. The van der Waals surface area contributed by atoms with Gasteiger partial charge in [0.25, 0.3) is 15.9 Å². The highest BCUT2D eigenvalue weighted by Crippen LogP contribution is 2.65. The fraction of sp³-hybridized carbons (Fsp3) is 0.727. The molecule has 1 unspecified atom stereocenters. The summed E-state index contributed by atoms with van der Waals surface area (Å²) in [5.74, 6) is -3.87. The molecule has 264 valence electrons. The van der Waals surface area contributed by atoms with Gasteiger partial charge in [0.05, 0.1) is 12.2 Å². The molecule has 5 rings (SSSR count). The maximum atomic E-state index is 14.5. The Kier molecular flexibility index (Phi) is 10.0. The summed E-state index contributed by atoms with van der Waals surface area (Å²) in [6, 6.07) is -4.27. The summed E-state index contributed by atoms with van der Waals surface area (Å²) in [7, 11) is -4.22. The van der Waals surface area contributed by atoms with Gasteiger partial charge in [0.15, 0.2) is 5.03 Å². The number of likely N-dealkylation sites (tertiary alicyclic amines) is 1. The molecule has 4 fully saturated rings. The summed E-state index contributed by atoms with van der Waals surface area (Å²) < 4.78 is 29.2. The third-order valence-electron chi connectivity index (χ3n) is 10.8. The number of aromatic nitrogens is 2. The Balaban J connectivity index is 1.39. The Bertz CT molecular complexity index is 1530. The Morgan fingerprint density at radius 1 is 1.02 bits per heavy atom. The van der Waals surface area contributed by atoms with Gasteiger partial charge in [-0.2, -0.15) is 4.72 Å². The van der Waals surface area contributed by atoms with Crippen LogP contribution in [0.25, 0.3) is 0 Å². The topological polar surface area (TPSA) is 211 Å². The molecule has 3 saturated carbocycles. The lowest BCUT2D eigenvalue weighted by molar-refractivity contribution is -0.146. The molecule has 6 atom stereocenters. The number of hydrogen-bond acceptors (Lipinski definition) is 9. The molecule has 1 aromatic heterocycles. The second kappa shape index (κ2) is 13.4. The third kappa shape index (κ3) is 7.56. The van der Waals surface area contributed by atoms with E-state index >= 15 is 0 Å². The first-order chi connectivity index (χ1) is 22.4. The molecule has 3 aliphatic carbocycles. The molecule has 1 aromatic rings. The van der Waals surface area contributed by atoms with Crippen LogP contribution in [0, 0.1) is 34.5 Å². The Morgan fingerprint density at radius 3 is 2.25 bits per heavy atom. The smallest absolute Gasteiger partial charge is 0.287 e. The lowest BCUT2D eigenvalue weighted by Crippen LogP contribution is -2.62.